The van der Waals surface area contributed by atoms with Gasteiger partial charge in [0, 0.05) is 19.3 Å². The van der Waals surface area contributed by atoms with E-state index in [0.717, 1.165) is 13.1 Å². The summed E-state index contributed by atoms with van der Waals surface area (Å²) in [6.07, 6.45) is 4.48. The number of piperidine rings is 1. The SMILES string of the molecule is Cc1ccccc1[C@@H]1CCCN(Cc2ccccn2)C1. The van der Waals surface area contributed by atoms with Crippen molar-refractivity contribution in [1.29, 1.82) is 0 Å². The van der Waals surface area contributed by atoms with Gasteiger partial charge in [-0.25, -0.2) is 0 Å². The lowest BCUT2D eigenvalue weighted by Crippen LogP contribution is -2.34. The number of aromatic nitrogens is 1. The third-order valence-electron chi connectivity index (χ3n) is 4.25. The number of hydrogen-bond acceptors (Lipinski definition) is 2. The molecule has 1 aromatic carbocycles. The van der Waals surface area contributed by atoms with Gasteiger partial charge >= 0.3 is 0 Å². The fourth-order valence-corrected chi connectivity index (χ4v) is 3.22. The zero-order valence-corrected chi connectivity index (χ0v) is 12.1. The molecule has 0 spiro atoms. The van der Waals surface area contributed by atoms with Gasteiger partial charge in [0.25, 0.3) is 0 Å². The molecule has 0 saturated carbocycles. The molecule has 1 aliphatic rings. The van der Waals surface area contributed by atoms with E-state index in [1.54, 1.807) is 0 Å². The molecule has 1 saturated heterocycles. The van der Waals surface area contributed by atoms with Gasteiger partial charge in [-0.05, 0) is 55.5 Å². The lowest BCUT2D eigenvalue weighted by Gasteiger charge is -2.33. The van der Waals surface area contributed by atoms with Crippen LogP contribution in [-0.4, -0.2) is 23.0 Å². The Hall–Kier alpha value is -1.67. The predicted octanol–water partition coefficient (Wildman–Crippen LogP) is 3.77. The zero-order valence-electron chi connectivity index (χ0n) is 12.1. The summed E-state index contributed by atoms with van der Waals surface area (Å²) in [5.74, 6) is 0.675. The number of benzene rings is 1. The summed E-state index contributed by atoms with van der Waals surface area (Å²) in [4.78, 5) is 6.99. The second kappa shape index (κ2) is 6.19. The molecule has 2 nitrogen and oxygen atoms in total. The molecule has 1 aliphatic heterocycles. The first-order chi connectivity index (χ1) is 9.83. The van der Waals surface area contributed by atoms with E-state index < -0.39 is 0 Å². The minimum atomic E-state index is 0.675. The van der Waals surface area contributed by atoms with E-state index >= 15 is 0 Å². The van der Waals surface area contributed by atoms with Crippen LogP contribution < -0.4 is 0 Å². The highest BCUT2D eigenvalue weighted by atomic mass is 15.1. The van der Waals surface area contributed by atoms with Gasteiger partial charge in [-0.3, -0.25) is 9.88 Å². The molecule has 1 fully saturated rings. The van der Waals surface area contributed by atoms with Crippen molar-refractivity contribution in [2.75, 3.05) is 13.1 Å². The summed E-state index contributed by atoms with van der Waals surface area (Å²) in [7, 11) is 0. The molecule has 104 valence electrons. The third-order valence-corrected chi connectivity index (χ3v) is 4.25. The fraction of sp³-hybridized carbons (Fsp3) is 0.389. The highest BCUT2D eigenvalue weighted by Crippen LogP contribution is 2.29. The van der Waals surface area contributed by atoms with Gasteiger partial charge in [0.05, 0.1) is 5.69 Å². The summed E-state index contributed by atoms with van der Waals surface area (Å²) in [6.45, 7) is 5.55. The average Bonchev–Trinajstić information content (AvgIpc) is 2.49. The molecule has 0 amide bonds. The zero-order chi connectivity index (χ0) is 13.8. The molecule has 2 aromatic rings. The van der Waals surface area contributed by atoms with Gasteiger partial charge in [-0.1, -0.05) is 30.3 Å². The van der Waals surface area contributed by atoms with Crippen molar-refractivity contribution in [2.45, 2.75) is 32.2 Å². The van der Waals surface area contributed by atoms with Crippen molar-refractivity contribution >= 4 is 0 Å². The summed E-state index contributed by atoms with van der Waals surface area (Å²) < 4.78 is 0. The molecular weight excluding hydrogens is 244 g/mol. The smallest absolute Gasteiger partial charge is 0.0543 e. The second-order valence-corrected chi connectivity index (χ2v) is 5.75. The molecular formula is C18H22N2. The van der Waals surface area contributed by atoms with Crippen LogP contribution in [0.25, 0.3) is 0 Å². The summed E-state index contributed by atoms with van der Waals surface area (Å²) in [5.41, 5.74) is 4.13. The van der Waals surface area contributed by atoms with Crippen LogP contribution in [-0.2, 0) is 6.54 Å². The molecule has 0 bridgehead atoms. The minimum Gasteiger partial charge on any atom is -0.297 e. The Labute approximate surface area is 121 Å². The van der Waals surface area contributed by atoms with Gasteiger partial charge < -0.3 is 0 Å². The summed E-state index contributed by atoms with van der Waals surface area (Å²) in [5, 5.41) is 0. The fourth-order valence-electron chi connectivity index (χ4n) is 3.22. The maximum Gasteiger partial charge on any atom is 0.0543 e. The van der Waals surface area contributed by atoms with Crippen LogP contribution in [0.15, 0.2) is 48.7 Å². The minimum absolute atomic E-state index is 0.675. The van der Waals surface area contributed by atoms with Crippen LogP contribution >= 0.6 is 0 Å². The average molecular weight is 266 g/mol. The van der Waals surface area contributed by atoms with E-state index in [-0.39, 0.29) is 0 Å². The number of hydrogen-bond donors (Lipinski definition) is 0. The molecule has 0 unspecified atom stereocenters. The van der Waals surface area contributed by atoms with Crippen molar-refractivity contribution in [1.82, 2.24) is 9.88 Å². The van der Waals surface area contributed by atoms with Gasteiger partial charge in [-0.15, -0.1) is 0 Å². The molecule has 1 aromatic heterocycles. The second-order valence-electron chi connectivity index (χ2n) is 5.75. The van der Waals surface area contributed by atoms with Crippen LogP contribution in [0.4, 0.5) is 0 Å². The first kappa shape index (κ1) is 13.3. The first-order valence-corrected chi connectivity index (χ1v) is 7.51. The third kappa shape index (κ3) is 3.07. The Morgan fingerprint density at radius 2 is 2.00 bits per heavy atom. The number of aryl methyl sites for hydroxylation is 1. The molecule has 0 radical (unpaired) electrons. The van der Waals surface area contributed by atoms with Crippen LogP contribution in [0, 0.1) is 6.92 Å². The van der Waals surface area contributed by atoms with Crippen LogP contribution in [0.3, 0.4) is 0 Å². The van der Waals surface area contributed by atoms with Gasteiger partial charge in [-0.2, -0.15) is 0 Å². The monoisotopic (exact) mass is 266 g/mol. The van der Waals surface area contributed by atoms with Gasteiger partial charge in [0.1, 0.15) is 0 Å². The number of nitrogens with zero attached hydrogens (tertiary/aromatic N) is 2. The number of pyridine rings is 1. The molecule has 2 heterocycles. The van der Waals surface area contributed by atoms with E-state index in [4.69, 9.17) is 0 Å². The lowest BCUT2D eigenvalue weighted by atomic mass is 9.88. The molecule has 3 rings (SSSR count). The standard InChI is InChI=1S/C18H22N2/c1-15-7-2-3-10-18(15)16-8-6-12-20(13-16)14-17-9-4-5-11-19-17/h2-5,7,9-11,16H,6,8,12-14H2,1H3/t16-/m1/s1. The summed E-state index contributed by atoms with van der Waals surface area (Å²) >= 11 is 0. The van der Waals surface area contributed by atoms with Gasteiger partial charge in [0.15, 0.2) is 0 Å². The molecule has 1 atom stereocenters. The Balaban J connectivity index is 1.69. The van der Waals surface area contributed by atoms with Crippen molar-refractivity contribution < 1.29 is 0 Å². The highest BCUT2D eigenvalue weighted by molar-refractivity contribution is 5.29. The van der Waals surface area contributed by atoms with E-state index in [1.807, 2.05) is 12.3 Å². The normalized spacial score (nSPS) is 19.9. The molecule has 2 heteroatoms. The van der Waals surface area contributed by atoms with Crippen LogP contribution in [0.2, 0.25) is 0 Å². The van der Waals surface area contributed by atoms with E-state index in [9.17, 15) is 0 Å². The van der Waals surface area contributed by atoms with Crippen molar-refractivity contribution in [2.24, 2.45) is 0 Å². The van der Waals surface area contributed by atoms with Crippen LogP contribution in [0.5, 0.6) is 0 Å². The van der Waals surface area contributed by atoms with Crippen molar-refractivity contribution in [3.05, 3.63) is 65.5 Å². The Morgan fingerprint density at radius 3 is 2.80 bits per heavy atom. The Morgan fingerprint density at radius 1 is 1.15 bits per heavy atom. The number of likely N-dealkylation sites (tertiary alicyclic amines) is 1. The maximum atomic E-state index is 4.45. The molecule has 0 N–H and O–H groups in total. The Bertz CT molecular complexity index is 550. The first-order valence-electron chi connectivity index (χ1n) is 7.51. The van der Waals surface area contributed by atoms with Crippen molar-refractivity contribution in [3.63, 3.8) is 0 Å². The highest BCUT2D eigenvalue weighted by Gasteiger charge is 2.22. The lowest BCUT2D eigenvalue weighted by molar-refractivity contribution is 0.198. The molecule has 0 aliphatic carbocycles. The quantitative estimate of drug-likeness (QED) is 0.840. The van der Waals surface area contributed by atoms with E-state index in [1.165, 1.54) is 36.2 Å². The topological polar surface area (TPSA) is 16.1 Å². The van der Waals surface area contributed by atoms with E-state index in [2.05, 4.69) is 53.2 Å². The number of rotatable bonds is 3. The molecule has 20 heavy (non-hydrogen) atoms. The van der Waals surface area contributed by atoms with Crippen LogP contribution in [0.1, 0.15) is 35.6 Å². The van der Waals surface area contributed by atoms with Crippen molar-refractivity contribution in [3.8, 4) is 0 Å². The Kier molecular flexibility index (Phi) is 4.12. The largest absolute Gasteiger partial charge is 0.297 e. The van der Waals surface area contributed by atoms with E-state index in [0.29, 0.717) is 5.92 Å². The van der Waals surface area contributed by atoms with Gasteiger partial charge in [0.2, 0.25) is 0 Å². The summed E-state index contributed by atoms with van der Waals surface area (Å²) in [6, 6.07) is 15.0. The predicted molar refractivity (Wildman–Crippen MR) is 82.7 cm³/mol. The maximum absolute atomic E-state index is 4.45.